The van der Waals surface area contributed by atoms with E-state index in [4.69, 9.17) is 4.74 Å². The average molecular weight is 878 g/mol. The number of carbonyl (C=O) groups is 6. The van der Waals surface area contributed by atoms with Crippen molar-refractivity contribution in [2.24, 2.45) is 5.92 Å². The molecule has 0 aliphatic heterocycles. The van der Waals surface area contributed by atoms with Crippen molar-refractivity contribution >= 4 is 46.9 Å². The van der Waals surface area contributed by atoms with Gasteiger partial charge >= 0.3 is 12.0 Å². The minimum atomic E-state index is -1.41. The third-order valence-corrected chi connectivity index (χ3v) is 10.3. The van der Waals surface area contributed by atoms with E-state index in [1.165, 1.54) is 44.8 Å². The molecule has 0 fully saturated rings. The Morgan fingerprint density at radius 1 is 0.703 bits per heavy atom. The minimum absolute atomic E-state index is 0.0252. The first-order valence-electron chi connectivity index (χ1n) is 22.0. The van der Waals surface area contributed by atoms with Crippen molar-refractivity contribution in [3.63, 3.8) is 0 Å². The fourth-order valence-electron chi connectivity index (χ4n) is 6.70. The number of pyridine rings is 1. The highest BCUT2D eigenvalue weighted by Gasteiger charge is 2.33. The van der Waals surface area contributed by atoms with Gasteiger partial charge in [0.05, 0.1) is 18.9 Å². The lowest BCUT2D eigenvalue weighted by Crippen LogP contribution is -2.57. The van der Waals surface area contributed by atoms with Gasteiger partial charge in [0.15, 0.2) is 5.78 Å². The molecule has 4 rings (SSSR count). The number of nitrogens with one attached hydrogen (secondary N) is 4. The van der Waals surface area contributed by atoms with Crippen LogP contribution in [0, 0.1) is 12.8 Å². The van der Waals surface area contributed by atoms with Gasteiger partial charge in [-0.05, 0) is 118 Å². The number of urea groups is 1. The molecule has 0 saturated carbocycles. The third-order valence-electron chi connectivity index (χ3n) is 10.3. The maximum atomic E-state index is 14.0. The summed E-state index contributed by atoms with van der Waals surface area (Å²) >= 11 is 0. The van der Waals surface area contributed by atoms with Crippen LogP contribution in [-0.2, 0) is 48.2 Å². The van der Waals surface area contributed by atoms with Gasteiger partial charge in [0, 0.05) is 30.8 Å². The van der Waals surface area contributed by atoms with Crippen LogP contribution >= 0.6 is 0 Å². The Morgan fingerprint density at radius 3 is 1.91 bits per heavy atom. The number of amides is 5. The van der Waals surface area contributed by atoms with Crippen LogP contribution in [0.5, 0.6) is 0 Å². The average Bonchev–Trinajstić information content (AvgIpc) is 3.26. The van der Waals surface area contributed by atoms with Gasteiger partial charge in [-0.1, -0.05) is 88.4 Å². The van der Waals surface area contributed by atoms with Crippen molar-refractivity contribution in [3.8, 4) is 0 Å². The fourth-order valence-corrected chi connectivity index (χ4v) is 6.70. The molecule has 0 spiro atoms. The van der Waals surface area contributed by atoms with Crippen molar-refractivity contribution < 1.29 is 33.5 Å². The molecular formula is C50H67N7O7. The smallest absolute Gasteiger partial charge is 0.323 e. The van der Waals surface area contributed by atoms with Gasteiger partial charge in [0.25, 0.3) is 0 Å². The van der Waals surface area contributed by atoms with Crippen LogP contribution in [-0.4, -0.2) is 95.6 Å². The number of Topliss-reactive ketones (excluding diaryl/α,β-unsaturated/α-hetero) is 1. The number of para-hydroxylation sites is 1. The molecule has 14 nitrogen and oxygen atoms in total. The number of esters is 1. The molecule has 3 atom stereocenters. The molecule has 5 amide bonds. The summed E-state index contributed by atoms with van der Waals surface area (Å²) in [5.74, 6) is -2.82. The number of ether oxygens (including phenoxy) is 1. The van der Waals surface area contributed by atoms with Crippen molar-refractivity contribution in [1.29, 1.82) is 0 Å². The molecule has 14 heteroatoms. The summed E-state index contributed by atoms with van der Waals surface area (Å²) in [4.78, 5) is 87.3. The van der Waals surface area contributed by atoms with E-state index < -0.39 is 48.4 Å². The predicted octanol–water partition coefficient (Wildman–Crippen LogP) is 7.12. The van der Waals surface area contributed by atoms with Gasteiger partial charge < -0.3 is 35.8 Å². The first-order valence-corrected chi connectivity index (χ1v) is 22.0. The fraction of sp³-hybridized carbons (Fsp3) is 0.420. The van der Waals surface area contributed by atoms with Crippen LogP contribution in [0.1, 0.15) is 82.6 Å². The molecule has 0 unspecified atom stereocenters. The number of benzene rings is 3. The Bertz CT molecular complexity index is 2080. The maximum Gasteiger partial charge on any atom is 0.323 e. The summed E-state index contributed by atoms with van der Waals surface area (Å²) in [6.07, 6.45) is 5.57. The molecule has 0 bridgehead atoms. The third kappa shape index (κ3) is 18.9. The van der Waals surface area contributed by atoms with Crippen LogP contribution in [0.3, 0.4) is 0 Å². The van der Waals surface area contributed by atoms with Gasteiger partial charge in [0.2, 0.25) is 17.7 Å². The van der Waals surface area contributed by atoms with Gasteiger partial charge in [0.1, 0.15) is 18.7 Å². The monoisotopic (exact) mass is 878 g/mol. The lowest BCUT2D eigenvalue weighted by Gasteiger charge is -2.30. The molecule has 0 radical (unpaired) electrons. The number of aromatic nitrogens is 1. The Labute approximate surface area is 378 Å². The molecule has 0 aliphatic rings. The molecule has 4 N–H and O–H groups in total. The number of ketones is 1. The summed E-state index contributed by atoms with van der Waals surface area (Å²) in [5.41, 5.74) is 4.28. The first-order chi connectivity index (χ1) is 30.6. The normalized spacial score (nSPS) is 12.2. The van der Waals surface area contributed by atoms with Gasteiger partial charge in [-0.2, -0.15) is 0 Å². The van der Waals surface area contributed by atoms with E-state index in [0.717, 1.165) is 11.1 Å². The van der Waals surface area contributed by atoms with Crippen LogP contribution < -0.4 is 21.3 Å². The van der Waals surface area contributed by atoms with E-state index in [1.807, 2.05) is 69.3 Å². The Kier molecular flexibility index (Phi) is 22.4. The van der Waals surface area contributed by atoms with Crippen LogP contribution in [0.4, 0.5) is 16.2 Å². The number of rotatable bonds is 22. The molecule has 4 aromatic rings. The largest absolute Gasteiger partial charge is 0.461 e. The highest BCUT2D eigenvalue weighted by Crippen LogP contribution is 2.18. The van der Waals surface area contributed by atoms with Crippen molar-refractivity contribution in [2.45, 2.75) is 105 Å². The number of likely N-dealkylation sites (N-methyl/N-ethyl adjacent to an activating group) is 1. The molecule has 1 aromatic heterocycles. The number of hydrogen-bond acceptors (Lipinski definition) is 9. The quantitative estimate of drug-likeness (QED) is 0.0599. The molecule has 0 aliphatic carbocycles. The number of aryl methyl sites for hydroxylation is 1. The predicted molar refractivity (Wildman–Crippen MR) is 251 cm³/mol. The van der Waals surface area contributed by atoms with Crippen molar-refractivity contribution in [1.82, 2.24) is 25.4 Å². The van der Waals surface area contributed by atoms with E-state index in [0.29, 0.717) is 22.5 Å². The maximum absolute atomic E-state index is 14.0. The SMILES string of the molecule is CC(=O)[C@H](Cc1ccccc1)NC(=O)[C@H](CC(=O)OCc1ccncc1)NC(=O)[C@H](CC(C)C)N(C)C(=O)Cc1ccc(NC(=O)Nc2ccccc2C)cc1.CCCN(C)CCC. The first kappa shape index (κ1) is 51.9. The van der Waals surface area contributed by atoms with Crippen molar-refractivity contribution in [3.05, 3.63) is 126 Å². The van der Waals surface area contributed by atoms with E-state index in [9.17, 15) is 28.8 Å². The Hall–Kier alpha value is -6.41. The minimum Gasteiger partial charge on any atom is -0.461 e. The van der Waals surface area contributed by atoms with E-state index in [2.05, 4.69) is 52.0 Å². The van der Waals surface area contributed by atoms with Gasteiger partial charge in [-0.25, -0.2) is 4.79 Å². The summed E-state index contributed by atoms with van der Waals surface area (Å²) in [6, 6.07) is 23.0. The lowest BCUT2D eigenvalue weighted by atomic mass is 10.00. The highest BCUT2D eigenvalue weighted by atomic mass is 16.5. The van der Waals surface area contributed by atoms with Gasteiger partial charge in [-0.3, -0.25) is 29.0 Å². The van der Waals surface area contributed by atoms with E-state index in [1.54, 1.807) is 54.9 Å². The second-order valence-corrected chi connectivity index (χ2v) is 16.4. The molecule has 1 heterocycles. The Morgan fingerprint density at radius 2 is 1.31 bits per heavy atom. The summed E-state index contributed by atoms with van der Waals surface area (Å²) in [5, 5.41) is 11.0. The standard InChI is InChI=1S/C43H50N6O7.C7H17N/c1-28(2)23-38(49(5)39(51)25-32-15-17-34(18-16-32)45-43(55)48-35-14-10-9-11-29(35)3)42(54)47-37(26-40(52)56-27-33-19-21-44-22-20-33)41(53)46-36(30(4)50)24-31-12-7-6-8-13-31;1-4-6-8(3)7-5-2/h6-22,28,36-38H,23-27H2,1-5H3,(H,46,53)(H,47,54)(H2,45,48,55);4-7H2,1-3H3/t36-,37-,38-;/m0./s1. The molecule has 3 aromatic carbocycles. The molecule has 64 heavy (non-hydrogen) atoms. The van der Waals surface area contributed by atoms with Gasteiger partial charge in [-0.15, -0.1) is 0 Å². The van der Waals surface area contributed by atoms with Crippen molar-refractivity contribution in [2.75, 3.05) is 37.8 Å². The number of anilines is 2. The second-order valence-electron chi connectivity index (χ2n) is 16.4. The Balaban J connectivity index is 0.00000124. The summed E-state index contributed by atoms with van der Waals surface area (Å²) in [6.45, 7) is 13.9. The van der Waals surface area contributed by atoms with E-state index in [-0.39, 0.29) is 43.5 Å². The zero-order chi connectivity index (χ0) is 47.0. The van der Waals surface area contributed by atoms with Crippen LogP contribution in [0.2, 0.25) is 0 Å². The summed E-state index contributed by atoms with van der Waals surface area (Å²) in [7, 11) is 3.69. The zero-order valence-corrected chi connectivity index (χ0v) is 38.7. The molecule has 344 valence electrons. The molecular weight excluding hydrogens is 811 g/mol. The van der Waals surface area contributed by atoms with E-state index >= 15 is 0 Å². The van der Waals surface area contributed by atoms with Crippen LogP contribution in [0.25, 0.3) is 0 Å². The topological polar surface area (TPSA) is 179 Å². The molecule has 0 saturated heterocycles. The number of carbonyl (C=O) groups excluding carboxylic acids is 6. The highest BCUT2D eigenvalue weighted by molar-refractivity contribution is 6.00. The van der Waals surface area contributed by atoms with Crippen LogP contribution in [0.15, 0.2) is 103 Å². The number of nitrogens with zero attached hydrogens (tertiary/aromatic N) is 3. The lowest BCUT2D eigenvalue weighted by molar-refractivity contribution is -0.148. The second kappa shape index (κ2) is 27.6. The summed E-state index contributed by atoms with van der Waals surface area (Å²) < 4.78 is 5.42. The zero-order valence-electron chi connectivity index (χ0n) is 38.7. The number of hydrogen-bond donors (Lipinski definition) is 4.